The van der Waals surface area contributed by atoms with Crippen molar-refractivity contribution in [3.05, 3.63) is 21.7 Å². The molecule has 0 aromatic carbocycles. The monoisotopic (exact) mass is 319 g/mol. The molecule has 5 nitrogen and oxygen atoms in total. The molecule has 1 amide bonds. The predicted molar refractivity (Wildman–Crippen MR) is 78.9 cm³/mol. The van der Waals surface area contributed by atoms with Crippen LogP contribution in [0, 0.1) is 0 Å². The van der Waals surface area contributed by atoms with Crippen molar-refractivity contribution in [2.45, 2.75) is 53.3 Å². The molecule has 0 spiro atoms. The minimum absolute atomic E-state index is 0.0878. The Morgan fingerprint density at radius 3 is 2.35 bits per heavy atom. The molecule has 0 bridgehead atoms. The summed E-state index contributed by atoms with van der Waals surface area (Å²) < 4.78 is 5.29. The van der Waals surface area contributed by atoms with Crippen molar-refractivity contribution >= 4 is 29.3 Å². The van der Waals surface area contributed by atoms with Crippen LogP contribution in [0.4, 0.5) is 4.79 Å². The van der Waals surface area contributed by atoms with E-state index >= 15 is 0 Å². The lowest BCUT2D eigenvalue weighted by Gasteiger charge is -2.23. The highest BCUT2D eigenvalue weighted by Crippen LogP contribution is 2.28. The van der Waals surface area contributed by atoms with Gasteiger partial charge < -0.3 is 4.74 Å². The number of amides is 1. The zero-order valence-corrected chi connectivity index (χ0v) is 13.8. The van der Waals surface area contributed by atoms with E-state index in [2.05, 4.69) is 9.97 Å². The highest BCUT2D eigenvalue weighted by molar-refractivity contribution is 6.32. The molecule has 2 heterocycles. The van der Waals surface area contributed by atoms with E-state index < -0.39 is 11.7 Å². The summed E-state index contributed by atoms with van der Waals surface area (Å²) in [5.41, 5.74) is 0.872. The average molecular weight is 320 g/mol. The van der Waals surface area contributed by atoms with Gasteiger partial charge in [0.2, 0.25) is 5.28 Å². The summed E-state index contributed by atoms with van der Waals surface area (Å²) in [6.07, 6.45) is -0.396. The first-order chi connectivity index (χ1) is 9.26. The maximum Gasteiger partial charge on any atom is 0.410 e. The largest absolute Gasteiger partial charge is 0.444 e. The molecule has 1 aliphatic rings. The minimum atomic E-state index is -0.529. The summed E-state index contributed by atoms with van der Waals surface area (Å²) in [6.45, 7) is 10.1. The van der Waals surface area contributed by atoms with Crippen molar-refractivity contribution in [1.29, 1.82) is 0 Å². The zero-order valence-electron chi connectivity index (χ0n) is 12.3. The van der Waals surface area contributed by atoms with Gasteiger partial charge in [0.15, 0.2) is 0 Å². The quantitative estimate of drug-likeness (QED) is 0.534. The summed E-state index contributed by atoms with van der Waals surface area (Å²) in [6, 6.07) is 0. The van der Waals surface area contributed by atoms with Crippen LogP contribution in [0.15, 0.2) is 0 Å². The van der Waals surface area contributed by atoms with Gasteiger partial charge in [-0.15, -0.1) is 0 Å². The van der Waals surface area contributed by atoms with Gasteiger partial charge in [0.1, 0.15) is 10.8 Å². The molecule has 0 atom stereocenters. The van der Waals surface area contributed by atoms with Gasteiger partial charge in [-0.05, 0) is 32.4 Å². The van der Waals surface area contributed by atoms with Gasteiger partial charge in [-0.25, -0.2) is 14.8 Å². The third-order valence-corrected chi connectivity index (χ3v) is 2.84. The van der Waals surface area contributed by atoms with Crippen molar-refractivity contribution in [1.82, 2.24) is 14.9 Å². The third kappa shape index (κ3) is 4.21. The smallest absolute Gasteiger partial charge is 0.410 e. The third-order valence-electron chi connectivity index (χ3n) is 2.36. The molecule has 20 heavy (non-hydrogen) atoms. The van der Waals surface area contributed by atoms with E-state index in [-0.39, 0.29) is 10.4 Å². The summed E-state index contributed by atoms with van der Waals surface area (Å²) >= 11 is 11.7. The predicted octanol–water partition coefficient (Wildman–Crippen LogP) is 4.06. The van der Waals surface area contributed by atoms with E-state index in [1.165, 1.54) is 4.90 Å². The maximum atomic E-state index is 11.9. The lowest BCUT2D eigenvalue weighted by molar-refractivity contribution is 0.0240. The number of fused-ring (bicyclic) bond motifs is 1. The number of hydrogen-bond donors (Lipinski definition) is 0. The molecular formula is C13H19Cl2N3O2. The molecule has 1 aromatic rings. The Kier molecular flexibility index (Phi) is 5.59. The van der Waals surface area contributed by atoms with Gasteiger partial charge in [-0.2, -0.15) is 0 Å². The second kappa shape index (κ2) is 6.59. The Morgan fingerprint density at radius 2 is 1.80 bits per heavy atom. The molecular weight excluding hydrogens is 301 g/mol. The van der Waals surface area contributed by atoms with E-state index in [1.807, 2.05) is 34.6 Å². The first-order valence-corrected chi connectivity index (χ1v) is 7.20. The average Bonchev–Trinajstić information content (AvgIpc) is 2.73. The Balaban J connectivity index is 0.000000956. The van der Waals surface area contributed by atoms with E-state index in [0.717, 1.165) is 5.56 Å². The molecule has 2 rings (SSSR count). The summed E-state index contributed by atoms with van der Waals surface area (Å²) in [5, 5.41) is 0.376. The van der Waals surface area contributed by atoms with Gasteiger partial charge in [0.25, 0.3) is 0 Å². The summed E-state index contributed by atoms with van der Waals surface area (Å²) in [5.74, 6) is 0. The Bertz CT molecular complexity index is 501. The summed E-state index contributed by atoms with van der Waals surface area (Å²) in [4.78, 5) is 21.3. The van der Waals surface area contributed by atoms with Crippen molar-refractivity contribution < 1.29 is 9.53 Å². The Labute approximate surface area is 129 Å². The van der Waals surface area contributed by atoms with Gasteiger partial charge in [-0.3, -0.25) is 4.90 Å². The van der Waals surface area contributed by atoms with Crippen LogP contribution in [-0.2, 0) is 17.8 Å². The summed E-state index contributed by atoms with van der Waals surface area (Å²) in [7, 11) is 0. The lowest BCUT2D eigenvalue weighted by Crippen LogP contribution is -2.33. The van der Waals surface area contributed by atoms with Crippen LogP contribution in [0.25, 0.3) is 0 Å². The van der Waals surface area contributed by atoms with E-state index in [9.17, 15) is 4.79 Å². The number of nitrogens with zero attached hydrogens (tertiary/aromatic N) is 3. The first kappa shape index (κ1) is 17.0. The number of rotatable bonds is 0. The number of ether oxygens (including phenoxy) is 1. The minimum Gasteiger partial charge on any atom is -0.444 e. The molecule has 1 aliphatic heterocycles. The number of halogens is 2. The van der Waals surface area contributed by atoms with Gasteiger partial charge in [0, 0.05) is 5.56 Å². The fraction of sp³-hybridized carbons (Fsp3) is 0.615. The molecule has 0 saturated carbocycles. The molecule has 1 aromatic heterocycles. The molecule has 0 saturated heterocycles. The lowest BCUT2D eigenvalue weighted by atomic mass is 10.2. The van der Waals surface area contributed by atoms with E-state index in [0.29, 0.717) is 18.8 Å². The number of carbonyl (C=O) groups is 1. The van der Waals surface area contributed by atoms with Crippen LogP contribution in [0.1, 0.15) is 45.9 Å². The number of aromatic nitrogens is 2. The van der Waals surface area contributed by atoms with Crippen molar-refractivity contribution in [2.24, 2.45) is 0 Å². The van der Waals surface area contributed by atoms with Crippen molar-refractivity contribution in [3.63, 3.8) is 0 Å². The maximum absolute atomic E-state index is 11.9. The molecule has 0 aliphatic carbocycles. The second-order valence-corrected chi connectivity index (χ2v) is 5.74. The van der Waals surface area contributed by atoms with Gasteiger partial charge >= 0.3 is 6.09 Å². The second-order valence-electron chi connectivity index (χ2n) is 5.05. The highest BCUT2D eigenvalue weighted by atomic mass is 35.5. The van der Waals surface area contributed by atoms with Crippen molar-refractivity contribution in [2.75, 3.05) is 0 Å². The Hall–Kier alpha value is -1.07. The topological polar surface area (TPSA) is 55.3 Å². The molecule has 7 heteroatoms. The highest BCUT2D eigenvalue weighted by Gasteiger charge is 2.30. The van der Waals surface area contributed by atoms with Crippen LogP contribution in [0.3, 0.4) is 0 Å². The van der Waals surface area contributed by atoms with Crippen LogP contribution in [-0.4, -0.2) is 26.6 Å². The van der Waals surface area contributed by atoms with Crippen molar-refractivity contribution in [3.8, 4) is 0 Å². The molecule has 0 radical (unpaired) electrons. The standard InChI is InChI=1S/C11H13Cl2N3O2.C2H6/c1-11(2,3)18-10(17)16-4-6-7(5-16)14-9(13)15-8(6)12;1-2/h4-5H2,1-3H3;1-2H3. The molecule has 0 unspecified atom stereocenters. The van der Waals surface area contributed by atoms with E-state index in [4.69, 9.17) is 27.9 Å². The number of hydrogen-bond acceptors (Lipinski definition) is 4. The SMILES string of the molecule is CC.CC(C)(C)OC(=O)N1Cc2nc(Cl)nc(Cl)c2C1. The zero-order chi connectivity index (χ0) is 15.5. The van der Waals surface area contributed by atoms with Crippen LogP contribution in [0.5, 0.6) is 0 Å². The first-order valence-electron chi connectivity index (χ1n) is 6.45. The van der Waals surface area contributed by atoms with Gasteiger partial charge in [0.05, 0.1) is 18.8 Å². The fourth-order valence-electron chi connectivity index (χ4n) is 1.64. The number of carbonyl (C=O) groups excluding carboxylic acids is 1. The van der Waals surface area contributed by atoms with Crippen LogP contribution in [0.2, 0.25) is 10.4 Å². The normalized spacial score (nSPS) is 13.4. The van der Waals surface area contributed by atoms with Gasteiger partial charge in [-0.1, -0.05) is 25.4 Å². The van der Waals surface area contributed by atoms with Crippen LogP contribution < -0.4 is 0 Å². The fourth-order valence-corrected chi connectivity index (χ4v) is 2.12. The van der Waals surface area contributed by atoms with Crippen LogP contribution >= 0.6 is 23.2 Å². The Morgan fingerprint density at radius 1 is 1.20 bits per heavy atom. The van der Waals surface area contributed by atoms with E-state index in [1.54, 1.807) is 0 Å². The molecule has 0 fully saturated rings. The molecule has 112 valence electrons. The molecule has 0 N–H and O–H groups in total.